The summed E-state index contributed by atoms with van der Waals surface area (Å²) in [7, 11) is 0. The van der Waals surface area contributed by atoms with Crippen LogP contribution >= 0.6 is 0 Å². The lowest BCUT2D eigenvalue weighted by Crippen LogP contribution is -2.34. The minimum absolute atomic E-state index is 0.0596. The van der Waals surface area contributed by atoms with Crippen LogP contribution in [0.15, 0.2) is 0 Å². The van der Waals surface area contributed by atoms with Gasteiger partial charge in [0.25, 0.3) is 0 Å². The largest absolute Gasteiger partial charge is 0.356 e. The fourth-order valence-corrected chi connectivity index (χ4v) is 1.87. The van der Waals surface area contributed by atoms with Crippen LogP contribution in [0.2, 0.25) is 0 Å². The number of hydrogen-bond donors (Lipinski definition) is 0. The first-order valence-electron chi connectivity index (χ1n) is 5.64. The lowest BCUT2D eigenvalue weighted by Gasteiger charge is -2.21. The number of hydrogen-bond acceptors (Lipinski definition) is 2. The monoisotopic (exact) mass is 199 g/mol. The Kier molecular flexibility index (Phi) is 4.94. The Morgan fingerprint density at radius 1 is 1.43 bits per heavy atom. The molecule has 3 nitrogen and oxygen atoms in total. The minimum Gasteiger partial charge on any atom is -0.356 e. The molecule has 1 saturated heterocycles. The molecular weight excluding hydrogens is 178 g/mol. The first kappa shape index (κ1) is 11.5. The molecule has 1 atom stereocenters. The highest BCUT2D eigenvalue weighted by atomic mass is 16.5. The van der Waals surface area contributed by atoms with E-state index in [1.54, 1.807) is 6.92 Å². The van der Waals surface area contributed by atoms with Gasteiger partial charge in [-0.2, -0.15) is 0 Å². The van der Waals surface area contributed by atoms with E-state index in [-0.39, 0.29) is 12.1 Å². The van der Waals surface area contributed by atoms with Crippen molar-refractivity contribution < 1.29 is 9.53 Å². The van der Waals surface area contributed by atoms with E-state index in [1.807, 2.05) is 4.90 Å². The first-order chi connectivity index (χ1) is 6.75. The average Bonchev–Trinajstić information content (AvgIpc) is 2.60. The number of unbranched alkanes of at least 4 members (excludes halogenated alkanes) is 3. The third-order valence-electron chi connectivity index (χ3n) is 2.70. The molecule has 0 aromatic rings. The summed E-state index contributed by atoms with van der Waals surface area (Å²) in [5.74, 6) is 0.142. The van der Waals surface area contributed by atoms with Crippen molar-refractivity contribution in [2.45, 2.75) is 52.2 Å². The fourth-order valence-electron chi connectivity index (χ4n) is 1.87. The third-order valence-corrected chi connectivity index (χ3v) is 2.70. The highest BCUT2D eigenvalue weighted by Crippen LogP contribution is 2.16. The summed E-state index contributed by atoms with van der Waals surface area (Å²) >= 11 is 0. The Morgan fingerprint density at radius 2 is 2.21 bits per heavy atom. The van der Waals surface area contributed by atoms with Crippen molar-refractivity contribution in [2.75, 3.05) is 13.2 Å². The number of amides is 1. The van der Waals surface area contributed by atoms with Gasteiger partial charge in [-0.15, -0.1) is 0 Å². The molecule has 0 radical (unpaired) electrons. The number of carbonyl (C=O) groups is 1. The van der Waals surface area contributed by atoms with Crippen LogP contribution in [-0.4, -0.2) is 30.2 Å². The minimum atomic E-state index is 0.0596. The summed E-state index contributed by atoms with van der Waals surface area (Å²) in [5.41, 5.74) is 0. The van der Waals surface area contributed by atoms with E-state index >= 15 is 0 Å². The third kappa shape index (κ3) is 3.29. The molecule has 1 fully saturated rings. The van der Waals surface area contributed by atoms with Crippen molar-refractivity contribution >= 4 is 5.91 Å². The zero-order valence-electron chi connectivity index (χ0n) is 9.29. The number of carbonyl (C=O) groups excluding carboxylic acids is 1. The zero-order chi connectivity index (χ0) is 10.4. The Bertz CT molecular complexity index is 182. The molecule has 1 amide bonds. The average molecular weight is 199 g/mol. The van der Waals surface area contributed by atoms with Crippen LogP contribution in [0.4, 0.5) is 0 Å². The van der Waals surface area contributed by atoms with Gasteiger partial charge in [-0.1, -0.05) is 26.2 Å². The maximum atomic E-state index is 11.2. The van der Waals surface area contributed by atoms with E-state index in [4.69, 9.17) is 4.74 Å². The van der Waals surface area contributed by atoms with Crippen LogP contribution in [0.3, 0.4) is 0 Å². The Balaban J connectivity index is 2.19. The molecule has 0 aromatic heterocycles. The molecule has 1 unspecified atom stereocenters. The highest BCUT2D eigenvalue weighted by molar-refractivity contribution is 5.73. The Morgan fingerprint density at radius 3 is 2.86 bits per heavy atom. The summed E-state index contributed by atoms with van der Waals surface area (Å²) in [5, 5.41) is 0. The quantitative estimate of drug-likeness (QED) is 0.635. The van der Waals surface area contributed by atoms with E-state index in [2.05, 4.69) is 6.92 Å². The molecule has 1 aliphatic heterocycles. The molecule has 0 bridgehead atoms. The van der Waals surface area contributed by atoms with E-state index in [0.29, 0.717) is 6.61 Å². The molecule has 1 aliphatic rings. The highest BCUT2D eigenvalue weighted by Gasteiger charge is 2.26. The maximum Gasteiger partial charge on any atom is 0.221 e. The van der Waals surface area contributed by atoms with Gasteiger partial charge in [-0.05, 0) is 12.8 Å². The summed E-state index contributed by atoms with van der Waals surface area (Å²) in [6.45, 7) is 5.30. The predicted molar refractivity (Wildman–Crippen MR) is 55.9 cm³/mol. The summed E-state index contributed by atoms with van der Waals surface area (Å²) in [6.07, 6.45) is 6.02. The molecule has 82 valence electrons. The molecule has 0 spiro atoms. The number of nitrogens with zero attached hydrogens (tertiary/aromatic N) is 1. The fraction of sp³-hybridized carbons (Fsp3) is 0.909. The summed E-state index contributed by atoms with van der Waals surface area (Å²) in [4.78, 5) is 13.0. The first-order valence-corrected chi connectivity index (χ1v) is 5.64. The molecule has 1 heterocycles. The van der Waals surface area contributed by atoms with Crippen molar-refractivity contribution in [3.8, 4) is 0 Å². The number of rotatable bonds is 5. The lowest BCUT2D eigenvalue weighted by molar-refractivity contribution is -0.133. The normalized spacial score (nSPS) is 21.6. The second kappa shape index (κ2) is 6.02. The van der Waals surface area contributed by atoms with Crippen molar-refractivity contribution in [1.29, 1.82) is 0 Å². The summed E-state index contributed by atoms with van der Waals surface area (Å²) < 4.78 is 5.51. The van der Waals surface area contributed by atoms with E-state index < -0.39 is 0 Å². The Hall–Kier alpha value is -0.570. The predicted octanol–water partition coefficient (Wildman–Crippen LogP) is 2.16. The standard InChI is InChI=1S/C11H21NO2/c1-3-4-5-6-7-11-12(10(2)13)8-9-14-11/h11H,3-9H2,1-2H3. The van der Waals surface area contributed by atoms with Crippen LogP contribution in [0.5, 0.6) is 0 Å². The van der Waals surface area contributed by atoms with E-state index in [0.717, 1.165) is 13.0 Å². The van der Waals surface area contributed by atoms with Crippen LogP contribution in [0, 0.1) is 0 Å². The zero-order valence-corrected chi connectivity index (χ0v) is 9.29. The molecule has 3 heteroatoms. The van der Waals surface area contributed by atoms with Gasteiger partial charge >= 0.3 is 0 Å². The SMILES string of the molecule is CCCCCCC1OCCN1C(C)=O. The van der Waals surface area contributed by atoms with Gasteiger partial charge in [-0.3, -0.25) is 4.79 Å². The molecule has 14 heavy (non-hydrogen) atoms. The van der Waals surface area contributed by atoms with Crippen LogP contribution < -0.4 is 0 Å². The van der Waals surface area contributed by atoms with Crippen molar-refractivity contribution in [2.24, 2.45) is 0 Å². The molecule has 0 aromatic carbocycles. The number of ether oxygens (including phenoxy) is 1. The van der Waals surface area contributed by atoms with Crippen LogP contribution in [0.25, 0.3) is 0 Å². The van der Waals surface area contributed by atoms with Gasteiger partial charge in [0.1, 0.15) is 6.23 Å². The van der Waals surface area contributed by atoms with Gasteiger partial charge in [0, 0.05) is 13.5 Å². The Labute approximate surface area is 86.4 Å². The lowest BCUT2D eigenvalue weighted by atomic mass is 10.1. The van der Waals surface area contributed by atoms with Gasteiger partial charge in [0.15, 0.2) is 0 Å². The smallest absolute Gasteiger partial charge is 0.221 e. The van der Waals surface area contributed by atoms with Crippen molar-refractivity contribution in [3.63, 3.8) is 0 Å². The molecule has 1 rings (SSSR count). The molecule has 0 N–H and O–H groups in total. The van der Waals surface area contributed by atoms with Gasteiger partial charge in [-0.25, -0.2) is 0 Å². The van der Waals surface area contributed by atoms with Gasteiger partial charge in [0.2, 0.25) is 5.91 Å². The van der Waals surface area contributed by atoms with Crippen LogP contribution in [-0.2, 0) is 9.53 Å². The van der Waals surface area contributed by atoms with Gasteiger partial charge < -0.3 is 9.64 Å². The van der Waals surface area contributed by atoms with Crippen molar-refractivity contribution in [3.05, 3.63) is 0 Å². The molecular formula is C11H21NO2. The van der Waals surface area contributed by atoms with E-state index in [1.165, 1.54) is 25.7 Å². The van der Waals surface area contributed by atoms with Gasteiger partial charge in [0.05, 0.1) is 6.61 Å². The maximum absolute atomic E-state index is 11.2. The molecule has 0 saturated carbocycles. The second-order valence-electron chi connectivity index (χ2n) is 3.89. The second-order valence-corrected chi connectivity index (χ2v) is 3.89. The van der Waals surface area contributed by atoms with E-state index in [9.17, 15) is 4.79 Å². The summed E-state index contributed by atoms with van der Waals surface area (Å²) in [6, 6.07) is 0. The van der Waals surface area contributed by atoms with Crippen LogP contribution in [0.1, 0.15) is 46.0 Å². The topological polar surface area (TPSA) is 29.5 Å². The molecule has 0 aliphatic carbocycles. The van der Waals surface area contributed by atoms with Crippen molar-refractivity contribution in [1.82, 2.24) is 4.90 Å².